The lowest BCUT2D eigenvalue weighted by Crippen LogP contribution is -2.00. The molecule has 0 aliphatic heterocycles. The largest absolute Gasteiger partial charge is 0.383 e. The molecule has 0 aliphatic carbocycles. The van der Waals surface area contributed by atoms with Crippen molar-refractivity contribution in [3.63, 3.8) is 0 Å². The van der Waals surface area contributed by atoms with Crippen LogP contribution in [0.15, 0.2) is 18.3 Å². The van der Waals surface area contributed by atoms with Crippen LogP contribution in [-0.4, -0.2) is 11.5 Å². The third kappa shape index (κ3) is 2.33. The van der Waals surface area contributed by atoms with Crippen molar-refractivity contribution in [2.45, 2.75) is 20.3 Å². The van der Waals surface area contributed by atoms with Crippen LogP contribution >= 0.6 is 0 Å². The van der Waals surface area contributed by atoms with Gasteiger partial charge in [0.2, 0.25) is 0 Å². The van der Waals surface area contributed by atoms with E-state index in [2.05, 4.69) is 11.1 Å². The highest BCUT2D eigenvalue weighted by atomic mass is 14.8. The van der Waals surface area contributed by atoms with Crippen LogP contribution in [0.4, 0.5) is 5.82 Å². The van der Waals surface area contributed by atoms with Crippen molar-refractivity contribution in [1.82, 2.24) is 4.98 Å². The highest BCUT2D eigenvalue weighted by molar-refractivity contribution is 5.73. The lowest BCUT2D eigenvalue weighted by atomic mass is 10.0. The fourth-order valence-electron chi connectivity index (χ4n) is 1.49. The van der Waals surface area contributed by atoms with Gasteiger partial charge in [0.05, 0.1) is 0 Å². The minimum absolute atomic E-state index is 0.593. The SMILES string of the molecule is C/C(=C\CCN)c1c(C)ccnc1N. The average Bonchev–Trinajstić information content (AvgIpc) is 2.14. The maximum atomic E-state index is 5.81. The number of anilines is 1. The van der Waals surface area contributed by atoms with E-state index in [0.717, 1.165) is 23.1 Å². The van der Waals surface area contributed by atoms with Crippen molar-refractivity contribution in [3.05, 3.63) is 29.5 Å². The van der Waals surface area contributed by atoms with Crippen molar-refractivity contribution in [2.75, 3.05) is 12.3 Å². The zero-order valence-corrected chi connectivity index (χ0v) is 8.75. The van der Waals surface area contributed by atoms with E-state index in [1.54, 1.807) is 6.20 Å². The number of aryl methyl sites for hydroxylation is 1. The summed E-state index contributed by atoms with van der Waals surface area (Å²) in [6.45, 7) is 4.74. The summed E-state index contributed by atoms with van der Waals surface area (Å²) in [4.78, 5) is 4.07. The van der Waals surface area contributed by atoms with E-state index in [-0.39, 0.29) is 0 Å². The number of nitrogens with two attached hydrogens (primary N) is 2. The molecule has 4 N–H and O–H groups in total. The Morgan fingerprint density at radius 2 is 2.29 bits per heavy atom. The molecule has 0 aromatic carbocycles. The van der Waals surface area contributed by atoms with Gasteiger partial charge in [0.15, 0.2) is 0 Å². The van der Waals surface area contributed by atoms with E-state index in [9.17, 15) is 0 Å². The molecule has 0 amide bonds. The molecular formula is C11H17N3. The molecule has 0 fully saturated rings. The molecule has 0 saturated carbocycles. The summed E-state index contributed by atoms with van der Waals surface area (Å²) in [6.07, 6.45) is 4.70. The molecule has 0 bridgehead atoms. The number of hydrogen-bond acceptors (Lipinski definition) is 3. The van der Waals surface area contributed by atoms with Crippen LogP contribution in [0.5, 0.6) is 0 Å². The molecular weight excluding hydrogens is 174 g/mol. The molecule has 1 rings (SSSR count). The van der Waals surface area contributed by atoms with Crippen molar-refractivity contribution in [1.29, 1.82) is 0 Å². The second-order valence-electron chi connectivity index (χ2n) is 3.35. The molecule has 0 unspecified atom stereocenters. The minimum atomic E-state index is 0.593. The first-order chi connectivity index (χ1) is 6.66. The van der Waals surface area contributed by atoms with E-state index < -0.39 is 0 Å². The summed E-state index contributed by atoms with van der Waals surface area (Å²) in [6, 6.07) is 1.96. The Hall–Kier alpha value is -1.35. The lowest BCUT2D eigenvalue weighted by molar-refractivity contribution is 1.01. The summed E-state index contributed by atoms with van der Waals surface area (Å²) in [5.74, 6) is 0.593. The van der Waals surface area contributed by atoms with Gasteiger partial charge < -0.3 is 11.5 Å². The van der Waals surface area contributed by atoms with E-state index in [1.165, 1.54) is 0 Å². The molecule has 3 nitrogen and oxygen atoms in total. The molecule has 0 spiro atoms. The molecule has 1 heterocycles. The molecule has 1 aromatic heterocycles. The molecule has 0 saturated heterocycles. The monoisotopic (exact) mass is 191 g/mol. The van der Waals surface area contributed by atoms with E-state index in [0.29, 0.717) is 12.4 Å². The standard InChI is InChI=1S/C11H17N3/c1-8(4-3-6-12)10-9(2)5-7-14-11(10)13/h4-5,7H,3,6,12H2,1-2H3,(H2,13,14)/b8-4+. The Labute approximate surface area is 84.8 Å². The number of rotatable bonds is 3. The second kappa shape index (κ2) is 4.77. The van der Waals surface area contributed by atoms with E-state index in [4.69, 9.17) is 11.5 Å². The van der Waals surface area contributed by atoms with Gasteiger partial charge in [-0.1, -0.05) is 6.08 Å². The van der Waals surface area contributed by atoms with Gasteiger partial charge >= 0.3 is 0 Å². The van der Waals surface area contributed by atoms with Gasteiger partial charge in [0.25, 0.3) is 0 Å². The molecule has 0 radical (unpaired) electrons. The van der Waals surface area contributed by atoms with E-state index >= 15 is 0 Å². The summed E-state index contributed by atoms with van der Waals surface area (Å²) in [7, 11) is 0. The van der Waals surface area contributed by atoms with Gasteiger partial charge in [-0.2, -0.15) is 0 Å². The molecule has 76 valence electrons. The summed E-state index contributed by atoms with van der Waals surface area (Å²) in [5.41, 5.74) is 14.6. The zero-order valence-electron chi connectivity index (χ0n) is 8.75. The first-order valence-corrected chi connectivity index (χ1v) is 4.75. The van der Waals surface area contributed by atoms with Crippen molar-refractivity contribution >= 4 is 11.4 Å². The third-order valence-corrected chi connectivity index (χ3v) is 2.20. The predicted molar refractivity (Wildman–Crippen MR) is 60.7 cm³/mol. The van der Waals surface area contributed by atoms with Crippen LogP contribution < -0.4 is 11.5 Å². The molecule has 3 heteroatoms. The van der Waals surface area contributed by atoms with Crippen LogP contribution in [0.2, 0.25) is 0 Å². The van der Waals surface area contributed by atoms with Gasteiger partial charge in [-0.15, -0.1) is 0 Å². The van der Waals surface area contributed by atoms with Gasteiger partial charge in [0, 0.05) is 11.8 Å². The maximum Gasteiger partial charge on any atom is 0.131 e. The number of nitrogen functional groups attached to an aromatic ring is 1. The fraction of sp³-hybridized carbons (Fsp3) is 0.364. The normalized spacial score (nSPS) is 11.8. The first-order valence-electron chi connectivity index (χ1n) is 4.75. The summed E-state index contributed by atoms with van der Waals surface area (Å²) in [5, 5.41) is 0. The van der Waals surface area contributed by atoms with Gasteiger partial charge in [-0.3, -0.25) is 0 Å². The Balaban J connectivity index is 3.05. The van der Waals surface area contributed by atoms with Gasteiger partial charge in [-0.05, 0) is 44.0 Å². The van der Waals surface area contributed by atoms with Crippen LogP contribution in [0.1, 0.15) is 24.5 Å². The van der Waals surface area contributed by atoms with Gasteiger partial charge in [0.1, 0.15) is 5.82 Å². The van der Waals surface area contributed by atoms with Crippen molar-refractivity contribution in [2.24, 2.45) is 5.73 Å². The highest BCUT2D eigenvalue weighted by Gasteiger charge is 2.04. The Kier molecular flexibility index (Phi) is 3.65. The number of hydrogen-bond donors (Lipinski definition) is 2. The smallest absolute Gasteiger partial charge is 0.131 e. The van der Waals surface area contributed by atoms with Crippen molar-refractivity contribution < 1.29 is 0 Å². The van der Waals surface area contributed by atoms with Crippen molar-refractivity contribution in [3.8, 4) is 0 Å². The van der Waals surface area contributed by atoms with Crippen LogP contribution in [0, 0.1) is 6.92 Å². The Morgan fingerprint density at radius 3 is 2.86 bits per heavy atom. The Morgan fingerprint density at radius 1 is 1.57 bits per heavy atom. The second-order valence-corrected chi connectivity index (χ2v) is 3.35. The van der Waals surface area contributed by atoms with Crippen LogP contribution in [0.25, 0.3) is 5.57 Å². The number of pyridine rings is 1. The molecule has 14 heavy (non-hydrogen) atoms. The predicted octanol–water partition coefficient (Wildman–Crippen LogP) is 1.72. The first kappa shape index (κ1) is 10.7. The summed E-state index contributed by atoms with van der Waals surface area (Å²) >= 11 is 0. The van der Waals surface area contributed by atoms with E-state index in [1.807, 2.05) is 19.9 Å². The molecule has 0 atom stereocenters. The van der Waals surface area contributed by atoms with Crippen LogP contribution in [-0.2, 0) is 0 Å². The van der Waals surface area contributed by atoms with Crippen LogP contribution in [0.3, 0.4) is 0 Å². The molecule has 0 aliphatic rings. The lowest BCUT2D eigenvalue weighted by Gasteiger charge is -2.08. The fourth-order valence-corrected chi connectivity index (χ4v) is 1.49. The number of nitrogens with zero attached hydrogens (tertiary/aromatic N) is 1. The quantitative estimate of drug-likeness (QED) is 0.764. The number of allylic oxidation sites excluding steroid dienone is 1. The minimum Gasteiger partial charge on any atom is -0.383 e. The zero-order chi connectivity index (χ0) is 10.6. The average molecular weight is 191 g/mol. The molecule has 1 aromatic rings. The number of aromatic nitrogens is 1. The van der Waals surface area contributed by atoms with Gasteiger partial charge in [-0.25, -0.2) is 4.98 Å². The maximum absolute atomic E-state index is 5.81. The topological polar surface area (TPSA) is 64.9 Å². The highest BCUT2D eigenvalue weighted by Crippen LogP contribution is 2.22. The third-order valence-electron chi connectivity index (χ3n) is 2.20. The Bertz CT molecular complexity index is 322. The summed E-state index contributed by atoms with van der Waals surface area (Å²) < 4.78 is 0.